The molecule has 6 nitrogen and oxygen atoms in total. The van der Waals surface area contributed by atoms with Crippen molar-refractivity contribution in [1.82, 2.24) is 0 Å². The summed E-state index contributed by atoms with van der Waals surface area (Å²) in [7, 11) is -4.35. The van der Waals surface area contributed by atoms with Crippen molar-refractivity contribution < 1.29 is 31.1 Å². The number of benzene rings is 2. The Morgan fingerprint density at radius 2 is 1.86 bits per heavy atom. The molecule has 10 heteroatoms. The Labute approximate surface area is 165 Å². The third kappa shape index (κ3) is 4.16. The van der Waals surface area contributed by atoms with E-state index in [0.29, 0.717) is 18.7 Å². The van der Waals surface area contributed by atoms with Crippen LogP contribution in [0.15, 0.2) is 47.4 Å². The Bertz CT molecular complexity index is 1070. The third-order valence-corrected chi connectivity index (χ3v) is 6.21. The first-order valence-corrected chi connectivity index (χ1v) is 10.4. The maximum Gasteiger partial charge on any atom is 0.573 e. The van der Waals surface area contributed by atoms with Crippen LogP contribution in [0.2, 0.25) is 0 Å². The Morgan fingerprint density at radius 1 is 1.14 bits per heavy atom. The van der Waals surface area contributed by atoms with E-state index in [1.807, 2.05) is 0 Å². The highest BCUT2D eigenvalue weighted by Crippen LogP contribution is 2.38. The number of hydrogen-bond acceptors (Lipinski definition) is 4. The summed E-state index contributed by atoms with van der Waals surface area (Å²) in [6.45, 7) is 0.531. The molecular formula is C19H17F3N2O4S. The number of halogens is 3. The van der Waals surface area contributed by atoms with Crippen molar-refractivity contribution in [3.05, 3.63) is 48.0 Å². The fourth-order valence-corrected chi connectivity index (χ4v) is 4.49. The predicted molar refractivity (Wildman–Crippen MR) is 99.2 cm³/mol. The maximum absolute atomic E-state index is 12.7. The number of alkyl halides is 3. The molecule has 2 aromatic carbocycles. The minimum absolute atomic E-state index is 0.0210. The fraction of sp³-hybridized carbons (Fsp3) is 0.316. The van der Waals surface area contributed by atoms with E-state index in [1.54, 1.807) is 11.0 Å². The molecule has 0 unspecified atom stereocenters. The molecule has 2 aromatic rings. The van der Waals surface area contributed by atoms with Gasteiger partial charge in [0.15, 0.2) is 0 Å². The van der Waals surface area contributed by atoms with E-state index in [2.05, 4.69) is 9.46 Å². The van der Waals surface area contributed by atoms with Crippen molar-refractivity contribution in [3.8, 4) is 5.75 Å². The van der Waals surface area contributed by atoms with Crippen LogP contribution >= 0.6 is 0 Å². The Hall–Kier alpha value is -2.75. The van der Waals surface area contributed by atoms with Crippen LogP contribution in [-0.4, -0.2) is 27.2 Å². The second-order valence-corrected chi connectivity index (χ2v) is 8.61. The van der Waals surface area contributed by atoms with Gasteiger partial charge in [0.05, 0.1) is 5.69 Å². The standard InChI is InChI=1S/C19H17F3N2O4S/c20-19(21,22)28-16-3-1-2-4-17(16)29(26,27)23-14-8-7-12-9-10-24(15(12)11-14)18(25)13-5-6-13/h1-4,7-8,11,13,23H,5-6,9-10H2. The number of nitrogens with one attached hydrogen (secondary N) is 1. The molecule has 0 bridgehead atoms. The summed E-state index contributed by atoms with van der Waals surface area (Å²) >= 11 is 0. The summed E-state index contributed by atoms with van der Waals surface area (Å²) in [5, 5.41) is 0. The Balaban J connectivity index is 1.62. The third-order valence-electron chi connectivity index (χ3n) is 4.79. The lowest BCUT2D eigenvalue weighted by Crippen LogP contribution is -2.30. The van der Waals surface area contributed by atoms with E-state index in [-0.39, 0.29) is 17.5 Å². The van der Waals surface area contributed by atoms with Gasteiger partial charge in [-0.2, -0.15) is 0 Å². The normalized spacial score (nSPS) is 16.4. The quantitative estimate of drug-likeness (QED) is 0.792. The average molecular weight is 426 g/mol. The number of rotatable bonds is 5. The van der Waals surface area contributed by atoms with Gasteiger partial charge in [0.1, 0.15) is 10.6 Å². The van der Waals surface area contributed by atoms with E-state index in [0.717, 1.165) is 30.5 Å². The second kappa shape index (κ2) is 6.94. The van der Waals surface area contributed by atoms with Gasteiger partial charge in [0.2, 0.25) is 5.91 Å². The first-order chi connectivity index (χ1) is 13.6. The molecule has 1 aliphatic heterocycles. The molecular weight excluding hydrogens is 409 g/mol. The van der Waals surface area contributed by atoms with E-state index in [4.69, 9.17) is 0 Å². The number of sulfonamides is 1. The molecule has 0 saturated heterocycles. The van der Waals surface area contributed by atoms with Crippen LogP contribution in [0.3, 0.4) is 0 Å². The number of carbonyl (C=O) groups is 1. The van der Waals surface area contributed by atoms with Crippen molar-refractivity contribution in [2.45, 2.75) is 30.5 Å². The Kier molecular flexibility index (Phi) is 4.68. The predicted octanol–water partition coefficient (Wildman–Crippen LogP) is 3.69. The number of fused-ring (bicyclic) bond motifs is 1. The van der Waals surface area contributed by atoms with Crippen molar-refractivity contribution in [2.75, 3.05) is 16.2 Å². The van der Waals surface area contributed by atoms with Gasteiger partial charge in [-0.1, -0.05) is 18.2 Å². The summed E-state index contributed by atoms with van der Waals surface area (Å²) in [6.07, 6.45) is -2.65. The number of amides is 1. The molecule has 1 N–H and O–H groups in total. The minimum atomic E-state index is -5.02. The van der Waals surface area contributed by atoms with Crippen molar-refractivity contribution in [3.63, 3.8) is 0 Å². The van der Waals surface area contributed by atoms with Gasteiger partial charge in [-0.3, -0.25) is 9.52 Å². The number of nitrogens with zero attached hydrogens (tertiary/aromatic N) is 1. The zero-order chi connectivity index (χ0) is 20.8. The zero-order valence-corrected chi connectivity index (χ0v) is 15.9. The molecule has 0 aromatic heterocycles. The van der Waals surface area contributed by atoms with Crippen molar-refractivity contribution >= 4 is 27.3 Å². The van der Waals surface area contributed by atoms with Gasteiger partial charge in [-0.25, -0.2) is 8.42 Å². The second-order valence-electron chi connectivity index (χ2n) is 6.96. The lowest BCUT2D eigenvalue weighted by molar-refractivity contribution is -0.275. The molecule has 1 heterocycles. The average Bonchev–Trinajstić information content (AvgIpc) is 3.40. The molecule has 1 saturated carbocycles. The first kappa shape index (κ1) is 19.6. The van der Waals surface area contributed by atoms with E-state index < -0.39 is 27.0 Å². The summed E-state index contributed by atoms with van der Waals surface area (Å²) in [5.74, 6) is -0.778. The molecule has 0 radical (unpaired) electrons. The highest BCUT2D eigenvalue weighted by atomic mass is 32.2. The molecule has 1 aliphatic carbocycles. The van der Waals surface area contributed by atoms with Gasteiger partial charge in [-0.15, -0.1) is 13.2 Å². The van der Waals surface area contributed by atoms with Crippen LogP contribution in [0.25, 0.3) is 0 Å². The van der Waals surface area contributed by atoms with Gasteiger partial charge in [0, 0.05) is 18.2 Å². The van der Waals surface area contributed by atoms with Crippen LogP contribution < -0.4 is 14.4 Å². The number of para-hydroxylation sites is 1. The van der Waals surface area contributed by atoms with Gasteiger partial charge >= 0.3 is 6.36 Å². The lowest BCUT2D eigenvalue weighted by atomic mass is 10.1. The van der Waals surface area contributed by atoms with Crippen molar-refractivity contribution in [2.24, 2.45) is 5.92 Å². The SMILES string of the molecule is O=C(C1CC1)N1CCc2ccc(NS(=O)(=O)c3ccccc3OC(F)(F)F)cc21. The number of hydrogen-bond donors (Lipinski definition) is 1. The minimum Gasteiger partial charge on any atom is -0.404 e. The highest BCUT2D eigenvalue weighted by Gasteiger charge is 2.37. The van der Waals surface area contributed by atoms with Gasteiger partial charge < -0.3 is 9.64 Å². The number of ether oxygens (including phenoxy) is 1. The van der Waals surface area contributed by atoms with Crippen molar-refractivity contribution in [1.29, 1.82) is 0 Å². The van der Waals surface area contributed by atoms with E-state index >= 15 is 0 Å². The molecule has 1 amide bonds. The van der Waals surface area contributed by atoms with E-state index in [1.165, 1.54) is 24.3 Å². The zero-order valence-electron chi connectivity index (χ0n) is 15.1. The lowest BCUT2D eigenvalue weighted by Gasteiger charge is -2.18. The van der Waals surface area contributed by atoms with Gasteiger partial charge in [-0.05, 0) is 49.1 Å². The van der Waals surface area contributed by atoms with Gasteiger partial charge in [0.25, 0.3) is 10.0 Å². The highest BCUT2D eigenvalue weighted by molar-refractivity contribution is 7.92. The monoisotopic (exact) mass is 426 g/mol. The molecule has 29 heavy (non-hydrogen) atoms. The largest absolute Gasteiger partial charge is 0.573 e. The number of anilines is 2. The first-order valence-electron chi connectivity index (χ1n) is 8.96. The molecule has 154 valence electrons. The van der Waals surface area contributed by atoms with Crippen LogP contribution in [0.1, 0.15) is 18.4 Å². The van der Waals surface area contributed by atoms with Crippen LogP contribution in [-0.2, 0) is 21.2 Å². The number of carbonyl (C=O) groups excluding carboxylic acids is 1. The molecule has 0 atom stereocenters. The van der Waals surface area contributed by atoms with E-state index in [9.17, 15) is 26.4 Å². The van der Waals surface area contributed by atoms with Crippen LogP contribution in [0.5, 0.6) is 5.75 Å². The summed E-state index contributed by atoms with van der Waals surface area (Å²) in [5.41, 5.74) is 1.70. The Morgan fingerprint density at radius 3 is 2.55 bits per heavy atom. The molecule has 4 rings (SSSR count). The van der Waals surface area contributed by atoms with Crippen LogP contribution in [0.4, 0.5) is 24.5 Å². The summed E-state index contributed by atoms with van der Waals surface area (Å²) in [6, 6.07) is 9.28. The smallest absolute Gasteiger partial charge is 0.404 e. The topological polar surface area (TPSA) is 75.7 Å². The van der Waals surface area contributed by atoms with Crippen LogP contribution in [0, 0.1) is 5.92 Å². The molecule has 0 spiro atoms. The molecule has 2 aliphatic rings. The summed E-state index contributed by atoms with van der Waals surface area (Å²) in [4.78, 5) is 13.4. The summed E-state index contributed by atoms with van der Waals surface area (Å²) < 4.78 is 69.3. The maximum atomic E-state index is 12.7. The molecule has 1 fully saturated rings. The fourth-order valence-electron chi connectivity index (χ4n) is 3.31.